The molecule has 0 atom stereocenters. The maximum atomic E-state index is 11.1. The minimum Gasteiger partial charge on any atom is -0.503 e. The Morgan fingerprint density at radius 3 is 2.57 bits per heavy atom. The monoisotopic (exact) mass is 190 g/mol. The van der Waals surface area contributed by atoms with Gasteiger partial charge in [0.15, 0.2) is 5.75 Å². The van der Waals surface area contributed by atoms with Crippen molar-refractivity contribution in [2.45, 2.75) is 0 Å². The molecule has 0 aliphatic rings. The number of rotatable bonds is 1. The summed E-state index contributed by atoms with van der Waals surface area (Å²) < 4.78 is 0. The molecule has 1 aromatic heterocycles. The van der Waals surface area contributed by atoms with Gasteiger partial charge in [0, 0.05) is 6.20 Å². The zero-order chi connectivity index (χ0) is 10.3. The number of pyridine rings is 1. The molecule has 2 aromatic rings. The number of hydrogen-bond acceptors (Lipinski definition) is 5. The van der Waals surface area contributed by atoms with Crippen molar-refractivity contribution in [2.75, 3.05) is 5.73 Å². The van der Waals surface area contributed by atoms with Gasteiger partial charge >= 0.3 is 0 Å². The summed E-state index contributed by atoms with van der Waals surface area (Å²) in [5.41, 5.74) is 4.23. The van der Waals surface area contributed by atoms with Crippen molar-refractivity contribution in [3.05, 3.63) is 38.8 Å². The highest BCUT2D eigenvalue weighted by atomic mass is 16.3. The fourth-order valence-electron chi connectivity index (χ4n) is 1.23. The van der Waals surface area contributed by atoms with E-state index in [4.69, 9.17) is 10.8 Å². The molecule has 2 rings (SSSR count). The SMILES string of the molecule is Nc1cccnc1-c1c(O)c(=O)c1=O. The van der Waals surface area contributed by atoms with Gasteiger partial charge in [-0.15, -0.1) is 0 Å². The van der Waals surface area contributed by atoms with Crippen molar-refractivity contribution < 1.29 is 5.11 Å². The first kappa shape index (κ1) is 8.43. The number of hydrogen-bond donors (Lipinski definition) is 2. The summed E-state index contributed by atoms with van der Waals surface area (Å²) >= 11 is 0. The van der Waals surface area contributed by atoms with Crippen molar-refractivity contribution in [1.82, 2.24) is 4.98 Å². The van der Waals surface area contributed by atoms with Gasteiger partial charge in [-0.3, -0.25) is 14.6 Å². The molecular weight excluding hydrogens is 184 g/mol. The minimum atomic E-state index is -0.884. The van der Waals surface area contributed by atoms with Crippen molar-refractivity contribution in [2.24, 2.45) is 0 Å². The van der Waals surface area contributed by atoms with Crippen LogP contribution in [-0.4, -0.2) is 10.1 Å². The topological polar surface area (TPSA) is 93.3 Å². The van der Waals surface area contributed by atoms with Gasteiger partial charge in [-0.2, -0.15) is 0 Å². The lowest BCUT2D eigenvalue weighted by Crippen LogP contribution is -2.32. The number of anilines is 1. The van der Waals surface area contributed by atoms with E-state index in [1.54, 1.807) is 12.1 Å². The summed E-state index contributed by atoms with van der Waals surface area (Å²) in [6, 6.07) is 3.14. The summed E-state index contributed by atoms with van der Waals surface area (Å²) in [6.45, 7) is 0. The lowest BCUT2D eigenvalue weighted by Gasteiger charge is -2.06. The fourth-order valence-corrected chi connectivity index (χ4v) is 1.23. The van der Waals surface area contributed by atoms with E-state index < -0.39 is 16.6 Å². The van der Waals surface area contributed by atoms with Crippen LogP contribution < -0.4 is 16.6 Å². The summed E-state index contributed by atoms with van der Waals surface area (Å²) in [5, 5.41) is 9.14. The first-order valence-electron chi connectivity index (χ1n) is 3.86. The molecule has 5 nitrogen and oxygen atoms in total. The second-order valence-electron chi connectivity index (χ2n) is 2.82. The minimum absolute atomic E-state index is 0.0897. The second-order valence-corrected chi connectivity index (χ2v) is 2.82. The Morgan fingerprint density at radius 2 is 2.00 bits per heavy atom. The Bertz CT molecular complexity index is 567. The quantitative estimate of drug-likeness (QED) is 0.598. The zero-order valence-electron chi connectivity index (χ0n) is 7.02. The van der Waals surface area contributed by atoms with E-state index >= 15 is 0 Å². The zero-order valence-corrected chi connectivity index (χ0v) is 7.02. The van der Waals surface area contributed by atoms with E-state index in [1.807, 2.05) is 0 Å². The molecule has 0 aliphatic carbocycles. The Kier molecular flexibility index (Phi) is 1.60. The van der Waals surface area contributed by atoms with E-state index in [0.717, 1.165) is 0 Å². The fraction of sp³-hybridized carbons (Fsp3) is 0. The molecule has 14 heavy (non-hydrogen) atoms. The maximum Gasteiger partial charge on any atom is 0.268 e. The highest BCUT2D eigenvalue weighted by Crippen LogP contribution is 2.26. The molecule has 0 saturated heterocycles. The summed E-state index contributed by atoms with van der Waals surface area (Å²) in [5.74, 6) is -0.555. The predicted octanol–water partition coefficient (Wildman–Crippen LogP) is -0.368. The van der Waals surface area contributed by atoms with Crippen LogP contribution in [0.5, 0.6) is 5.75 Å². The Balaban J connectivity index is 2.69. The highest BCUT2D eigenvalue weighted by Gasteiger charge is 2.23. The summed E-state index contributed by atoms with van der Waals surface area (Å²) in [6.07, 6.45) is 1.43. The van der Waals surface area contributed by atoms with E-state index in [1.165, 1.54) is 6.20 Å². The van der Waals surface area contributed by atoms with E-state index in [9.17, 15) is 9.59 Å². The third-order valence-electron chi connectivity index (χ3n) is 1.96. The number of aromatic nitrogens is 1. The average Bonchev–Trinajstić information content (AvgIpc) is 2.21. The lowest BCUT2D eigenvalue weighted by molar-refractivity contribution is 0.465. The van der Waals surface area contributed by atoms with Gasteiger partial charge in [-0.05, 0) is 12.1 Å². The number of aromatic hydroxyl groups is 1. The second kappa shape index (κ2) is 2.66. The van der Waals surface area contributed by atoms with Crippen LogP contribution in [0, 0.1) is 0 Å². The third-order valence-corrected chi connectivity index (χ3v) is 1.96. The van der Waals surface area contributed by atoms with Crippen LogP contribution in [0.15, 0.2) is 27.9 Å². The maximum absolute atomic E-state index is 11.1. The molecular formula is C9H6N2O3. The van der Waals surface area contributed by atoms with E-state index in [0.29, 0.717) is 0 Å². The summed E-state index contributed by atoms with van der Waals surface area (Å²) in [4.78, 5) is 25.6. The molecule has 1 heterocycles. The third kappa shape index (κ3) is 0.922. The molecule has 0 spiro atoms. The predicted molar refractivity (Wildman–Crippen MR) is 50.7 cm³/mol. The van der Waals surface area contributed by atoms with Gasteiger partial charge < -0.3 is 10.8 Å². The van der Waals surface area contributed by atoms with Crippen LogP contribution in [0.4, 0.5) is 5.69 Å². The van der Waals surface area contributed by atoms with Gasteiger partial charge in [0.25, 0.3) is 5.43 Å². The van der Waals surface area contributed by atoms with Crippen molar-refractivity contribution >= 4 is 5.69 Å². The van der Waals surface area contributed by atoms with Crippen molar-refractivity contribution in [3.8, 4) is 17.0 Å². The van der Waals surface area contributed by atoms with Crippen LogP contribution in [-0.2, 0) is 0 Å². The largest absolute Gasteiger partial charge is 0.503 e. The van der Waals surface area contributed by atoms with Gasteiger partial charge in [0.05, 0.1) is 11.3 Å². The number of nitrogens with zero attached hydrogens (tertiary/aromatic N) is 1. The Labute approximate surface area is 78.1 Å². The van der Waals surface area contributed by atoms with Crippen LogP contribution in [0.25, 0.3) is 11.3 Å². The standard InChI is InChI=1S/C9H6N2O3/c10-4-2-1-3-11-6(4)5-7(12)9(14)8(5)13/h1-3,12H,10H2. The van der Waals surface area contributed by atoms with Crippen LogP contribution in [0.1, 0.15) is 0 Å². The molecule has 70 valence electrons. The number of nitrogen functional groups attached to an aromatic ring is 1. The Hall–Kier alpha value is -2.17. The molecule has 0 fully saturated rings. The molecule has 0 radical (unpaired) electrons. The smallest absolute Gasteiger partial charge is 0.268 e. The average molecular weight is 190 g/mol. The molecule has 0 aliphatic heterocycles. The van der Waals surface area contributed by atoms with Crippen LogP contribution in [0.2, 0.25) is 0 Å². The van der Waals surface area contributed by atoms with E-state index in [-0.39, 0.29) is 16.9 Å². The van der Waals surface area contributed by atoms with Crippen LogP contribution >= 0.6 is 0 Å². The van der Waals surface area contributed by atoms with Crippen molar-refractivity contribution in [1.29, 1.82) is 0 Å². The molecule has 0 saturated carbocycles. The molecule has 5 heteroatoms. The lowest BCUT2D eigenvalue weighted by atomic mass is 10.0. The van der Waals surface area contributed by atoms with Gasteiger partial charge in [-0.1, -0.05) is 0 Å². The van der Waals surface area contributed by atoms with E-state index in [2.05, 4.69) is 4.98 Å². The molecule has 3 N–H and O–H groups in total. The van der Waals surface area contributed by atoms with Gasteiger partial charge in [-0.25, -0.2) is 0 Å². The normalized spacial score (nSPS) is 10.6. The van der Waals surface area contributed by atoms with Gasteiger partial charge in [0.2, 0.25) is 5.43 Å². The van der Waals surface area contributed by atoms with Gasteiger partial charge in [0.1, 0.15) is 5.69 Å². The highest BCUT2D eigenvalue weighted by molar-refractivity contribution is 5.78. The Morgan fingerprint density at radius 1 is 1.29 bits per heavy atom. The first-order chi connectivity index (χ1) is 6.63. The first-order valence-corrected chi connectivity index (χ1v) is 3.86. The molecule has 1 aromatic carbocycles. The molecule has 0 bridgehead atoms. The summed E-state index contributed by atoms with van der Waals surface area (Å²) in [7, 11) is 0. The molecule has 0 unspecified atom stereocenters. The molecule has 0 amide bonds. The van der Waals surface area contributed by atoms with Crippen LogP contribution in [0.3, 0.4) is 0 Å². The van der Waals surface area contributed by atoms with Crippen molar-refractivity contribution in [3.63, 3.8) is 0 Å². The number of nitrogens with two attached hydrogens (primary N) is 1.